The SMILES string of the molecule is CC.CC.CC.CC.CC.CC.CC.CC.CC.CC.CC.CC.CC(C)C.CC(C)C1=CCC2(CC1)CCN(C(C)C)CC2.CC(C)C1CCC2(CC1)CCN(C(C)C)CC2.CC(C)C1CCC2(CCN(C(C)C)CC2)C1.CC(C)C1CCC2(CCN(C(C)C)CC2)OC1.CC(C)C1COC2(CCN(C(C)C)CC2)C1.CC(C)N1CCCCC1.[B]. The Morgan fingerprint density at radius 2 is 0.512 bits per heavy atom. The summed E-state index contributed by atoms with van der Waals surface area (Å²) in [7, 11) is 0. The zero-order chi connectivity index (χ0) is 95.2. The van der Waals surface area contributed by atoms with Gasteiger partial charge in [-0.15, -0.1) is 0 Å². The van der Waals surface area contributed by atoms with Gasteiger partial charge in [0.1, 0.15) is 0 Å². The number of likely N-dealkylation sites (tertiary alicyclic amines) is 6. The number of piperidine rings is 6. The number of nitrogens with zero attached hydrogens (tertiary/aromatic N) is 6. The van der Waals surface area contributed by atoms with Crippen molar-refractivity contribution in [1.29, 1.82) is 0 Å². The molecule has 0 N–H and O–H groups in total. The lowest BCUT2D eigenvalue weighted by molar-refractivity contribution is -0.137. The summed E-state index contributed by atoms with van der Waals surface area (Å²) in [5.41, 5.74) is 4.37. The molecule has 0 bridgehead atoms. The van der Waals surface area contributed by atoms with Gasteiger partial charge in [0.05, 0.1) is 24.4 Å². The Balaban J connectivity index is -0.000000168. The summed E-state index contributed by atoms with van der Waals surface area (Å²) < 4.78 is 12.4. The first-order chi connectivity index (χ1) is 57.2. The monoisotopic (exact) mass is 1720 g/mol. The summed E-state index contributed by atoms with van der Waals surface area (Å²) >= 11 is 0. The lowest BCUT2D eigenvalue weighted by Crippen LogP contribution is -2.50. The molecule has 5 spiro atoms. The van der Waals surface area contributed by atoms with Gasteiger partial charge in [-0.1, -0.05) is 274 Å². The standard InChI is InChI=1S/C16H31N.C16H29N.C15H29NO.C15H29N.C14H27NO.C8H17N.C4H10.12C2H6.B/c2*1-13(2)15-5-7-16(8-6-15)9-11-17(12-10-16)14(3)4;1-12(2)14-5-6-15(17-11-14)7-9-16(10-8-15)13(3)4;1-12(2)14-5-6-15(11-14)7-9-16(10-8-15)13(3)4;1-11(2)13-9-14(16-10-13)5-7-15(8-6-14)12(3)4;1-8(2)9-6-4-3-5-7-9;1-4(2)3;12*1-2;/h13-15H,5-12H2,1-4H3;5,13-14H,6-12H2,1-4H3;12-14H,5-11H2,1-4H3;12-14H,5-11H2,1-4H3;11-13H,5-10H2,1-4H3;8H,3-7H2,1-2H3;4H,1-3H3;12*1-2H3;. The van der Waals surface area contributed by atoms with Crippen LogP contribution in [0.5, 0.6) is 0 Å². The molecule has 737 valence electrons. The molecule has 0 amide bonds. The van der Waals surface area contributed by atoms with Crippen LogP contribution in [0.3, 0.4) is 0 Å². The molecule has 8 heterocycles. The second kappa shape index (κ2) is 83.8. The van der Waals surface area contributed by atoms with Crippen LogP contribution in [0.1, 0.15) is 506 Å². The van der Waals surface area contributed by atoms with Crippen molar-refractivity contribution in [2.45, 2.75) is 554 Å². The van der Waals surface area contributed by atoms with Crippen LogP contribution < -0.4 is 0 Å². The van der Waals surface area contributed by atoms with E-state index in [2.05, 4.69) is 209 Å². The molecular weight excluding hydrogens is 1470 g/mol. The second-order valence-corrected chi connectivity index (χ2v) is 38.8. The molecule has 9 heteroatoms. The van der Waals surface area contributed by atoms with Crippen molar-refractivity contribution < 1.29 is 9.47 Å². The number of hydrogen-bond acceptors (Lipinski definition) is 8. The summed E-state index contributed by atoms with van der Waals surface area (Å²) in [6.45, 7) is 124. The molecule has 8 aliphatic heterocycles. The summed E-state index contributed by atoms with van der Waals surface area (Å²) in [5, 5.41) is 0. The number of ether oxygens (including phenoxy) is 2. The molecule has 0 aromatic rings. The number of hydrogen-bond donors (Lipinski definition) is 0. The quantitative estimate of drug-likeness (QED) is 0.150. The topological polar surface area (TPSA) is 37.9 Å². The Morgan fingerprint density at radius 3 is 0.769 bits per heavy atom. The van der Waals surface area contributed by atoms with Crippen LogP contribution in [-0.4, -0.2) is 177 Å². The van der Waals surface area contributed by atoms with Gasteiger partial charge < -0.3 is 38.9 Å². The molecule has 3 atom stereocenters. The lowest BCUT2D eigenvalue weighted by atomic mass is 9.64. The number of rotatable bonds is 11. The predicted octanol–water partition coefficient (Wildman–Crippen LogP) is 34.2. The van der Waals surface area contributed by atoms with Crippen LogP contribution in [0.25, 0.3) is 0 Å². The second-order valence-electron chi connectivity index (χ2n) is 38.8. The summed E-state index contributed by atoms with van der Waals surface area (Å²) in [4.78, 5) is 15.7. The Morgan fingerprint density at radius 1 is 0.256 bits per heavy atom. The van der Waals surface area contributed by atoms with Crippen molar-refractivity contribution in [2.75, 3.05) is 91.8 Å². The Kier molecular flexibility index (Phi) is 95.8. The van der Waals surface area contributed by atoms with E-state index in [-0.39, 0.29) is 19.6 Å². The van der Waals surface area contributed by atoms with Crippen LogP contribution in [-0.2, 0) is 9.47 Å². The van der Waals surface area contributed by atoms with E-state index >= 15 is 0 Å². The van der Waals surface area contributed by atoms with Gasteiger partial charge in [0.15, 0.2) is 0 Å². The van der Waals surface area contributed by atoms with Crippen molar-refractivity contribution >= 4 is 8.41 Å². The molecule has 8 nitrogen and oxygen atoms in total. The van der Waals surface area contributed by atoms with Crippen LogP contribution in [0, 0.1) is 75.4 Å². The molecule has 0 aromatic heterocycles. The molecular formula is C112H244BN6O2. The zero-order valence-electron chi connectivity index (χ0n) is 94.2. The van der Waals surface area contributed by atoms with Crippen LogP contribution in [0.15, 0.2) is 11.6 Å². The first-order valence-corrected chi connectivity index (χ1v) is 54.6. The average Bonchev–Trinajstić information content (AvgIpc) is 1.69. The molecule has 121 heavy (non-hydrogen) atoms. The van der Waals surface area contributed by atoms with Crippen LogP contribution in [0.4, 0.5) is 0 Å². The molecule has 11 rings (SSSR count). The highest BCUT2D eigenvalue weighted by molar-refractivity contribution is 5.75. The molecule has 0 aromatic carbocycles. The third-order valence-electron chi connectivity index (χ3n) is 27.7. The largest absolute Gasteiger partial charge is 0.375 e. The highest BCUT2D eigenvalue weighted by Gasteiger charge is 2.46. The van der Waals surface area contributed by atoms with Crippen molar-refractivity contribution in [3.05, 3.63) is 11.6 Å². The van der Waals surface area contributed by atoms with E-state index in [1.807, 2.05) is 166 Å². The van der Waals surface area contributed by atoms with Gasteiger partial charge in [-0.2, -0.15) is 0 Å². The smallest absolute Gasteiger partial charge is 0.0710 e. The van der Waals surface area contributed by atoms with Crippen molar-refractivity contribution in [3.8, 4) is 0 Å². The highest BCUT2D eigenvalue weighted by Crippen LogP contribution is 2.52. The Bertz CT molecular complexity index is 1890. The fraction of sp³-hybridized carbons (Fsp3) is 0.982. The van der Waals surface area contributed by atoms with Gasteiger partial charge in [-0.05, 0) is 371 Å². The fourth-order valence-corrected chi connectivity index (χ4v) is 19.0. The molecule has 8 saturated heterocycles. The maximum atomic E-state index is 6.28. The third kappa shape index (κ3) is 57.4. The molecule has 10 fully saturated rings. The average molecular weight is 1720 g/mol. The number of allylic oxidation sites excluding steroid dienone is 2. The zero-order valence-corrected chi connectivity index (χ0v) is 94.2. The normalized spacial score (nSPS) is 22.4. The first-order valence-electron chi connectivity index (χ1n) is 54.6. The fourth-order valence-electron chi connectivity index (χ4n) is 19.0. The maximum Gasteiger partial charge on any atom is 0.0710 e. The van der Waals surface area contributed by atoms with Gasteiger partial charge in [0.25, 0.3) is 0 Å². The van der Waals surface area contributed by atoms with E-state index < -0.39 is 0 Å². The Labute approximate surface area is 775 Å². The van der Waals surface area contributed by atoms with Crippen LogP contribution >= 0.6 is 0 Å². The van der Waals surface area contributed by atoms with Gasteiger partial charge in [-0.3, -0.25) is 0 Å². The van der Waals surface area contributed by atoms with Gasteiger partial charge in [-0.25, -0.2) is 0 Å². The van der Waals surface area contributed by atoms with E-state index in [0.29, 0.717) is 17.5 Å². The molecule has 3 unspecified atom stereocenters. The summed E-state index contributed by atoms with van der Waals surface area (Å²) in [5.74, 6) is 8.60. The molecule has 11 aliphatic rings. The summed E-state index contributed by atoms with van der Waals surface area (Å²) in [6.07, 6.45) is 39.2. The first kappa shape index (κ1) is 138. The van der Waals surface area contributed by atoms with Crippen LogP contribution in [0.2, 0.25) is 0 Å². The highest BCUT2D eigenvalue weighted by atomic mass is 16.5. The molecule has 3 aliphatic carbocycles. The van der Waals surface area contributed by atoms with Gasteiger partial charge in [0.2, 0.25) is 0 Å². The minimum Gasteiger partial charge on any atom is -0.375 e. The summed E-state index contributed by atoms with van der Waals surface area (Å²) in [6, 6.07) is 4.39. The van der Waals surface area contributed by atoms with Crippen molar-refractivity contribution in [2.24, 2.45) is 75.4 Å². The van der Waals surface area contributed by atoms with Gasteiger partial charge in [0, 0.05) is 70.8 Å². The van der Waals surface area contributed by atoms with E-state index in [1.54, 1.807) is 5.57 Å². The van der Waals surface area contributed by atoms with Crippen molar-refractivity contribution in [1.82, 2.24) is 29.4 Å². The predicted molar refractivity (Wildman–Crippen MR) is 564 cm³/mol. The van der Waals surface area contributed by atoms with Crippen molar-refractivity contribution in [3.63, 3.8) is 0 Å². The molecule has 3 radical (unpaired) electrons. The van der Waals surface area contributed by atoms with E-state index in [0.717, 1.165) is 107 Å². The van der Waals surface area contributed by atoms with E-state index in [9.17, 15) is 0 Å². The Hall–Kier alpha value is -0.515. The maximum absolute atomic E-state index is 6.28. The van der Waals surface area contributed by atoms with E-state index in [4.69, 9.17) is 9.47 Å². The van der Waals surface area contributed by atoms with Gasteiger partial charge >= 0.3 is 0 Å². The van der Waals surface area contributed by atoms with E-state index in [1.165, 1.54) is 245 Å². The minimum absolute atomic E-state index is 0. The molecule has 2 saturated carbocycles. The third-order valence-corrected chi connectivity index (χ3v) is 27.7. The lowest BCUT2D eigenvalue weighted by Gasteiger charge is -2.47. The minimum atomic E-state index is 0.